The van der Waals surface area contributed by atoms with Crippen molar-refractivity contribution in [3.63, 3.8) is 0 Å². The van der Waals surface area contributed by atoms with Crippen LogP contribution in [0.5, 0.6) is 0 Å². The van der Waals surface area contributed by atoms with E-state index in [0.29, 0.717) is 0 Å². The Labute approximate surface area is 159 Å². The molecule has 0 fully saturated rings. The van der Waals surface area contributed by atoms with Crippen LogP contribution in [0.1, 0.15) is 32.6 Å². The van der Waals surface area contributed by atoms with Crippen molar-refractivity contribution in [2.75, 3.05) is 11.9 Å². The molecule has 0 spiro atoms. The Morgan fingerprint density at radius 3 is 2.41 bits per heavy atom. The van der Waals surface area contributed by atoms with Gasteiger partial charge in [0.05, 0.1) is 10.9 Å². The van der Waals surface area contributed by atoms with Gasteiger partial charge in [0.15, 0.2) is 5.43 Å². The number of anilines is 1. The molecule has 1 N–H and O–H groups in total. The fourth-order valence-electron chi connectivity index (χ4n) is 3.90. The molecule has 0 radical (unpaired) electrons. The van der Waals surface area contributed by atoms with Gasteiger partial charge in [-0.2, -0.15) is 0 Å². The minimum atomic E-state index is 0.0814. The van der Waals surface area contributed by atoms with E-state index in [4.69, 9.17) is 0 Å². The van der Waals surface area contributed by atoms with Gasteiger partial charge >= 0.3 is 0 Å². The van der Waals surface area contributed by atoms with Gasteiger partial charge in [0.1, 0.15) is 0 Å². The maximum atomic E-state index is 12.7. The highest BCUT2D eigenvalue weighted by molar-refractivity contribution is 6.16. The van der Waals surface area contributed by atoms with Gasteiger partial charge in [-0.05, 0) is 40.8 Å². The number of hydrogen-bond donors (Lipinski definition) is 1. The first-order valence-electron chi connectivity index (χ1n) is 9.88. The lowest BCUT2D eigenvalue weighted by Gasteiger charge is -2.15. The van der Waals surface area contributed by atoms with Gasteiger partial charge in [-0.25, -0.2) is 0 Å². The van der Waals surface area contributed by atoms with Crippen LogP contribution in [0.15, 0.2) is 59.5 Å². The molecule has 0 aliphatic carbocycles. The average Bonchev–Trinajstić information content (AvgIpc) is 2.69. The second-order valence-corrected chi connectivity index (χ2v) is 7.34. The number of aromatic nitrogens is 1. The molecule has 4 aromatic rings. The molecule has 0 amide bonds. The van der Waals surface area contributed by atoms with Crippen LogP contribution in [-0.4, -0.2) is 11.1 Å². The molecular weight excluding hydrogens is 332 g/mol. The molecule has 0 bridgehead atoms. The molecule has 3 nitrogen and oxygen atoms in total. The summed E-state index contributed by atoms with van der Waals surface area (Å²) in [5, 5.41) is 8.96. The molecule has 3 aromatic carbocycles. The van der Waals surface area contributed by atoms with E-state index in [2.05, 4.69) is 48.6 Å². The lowest BCUT2D eigenvalue weighted by atomic mass is 9.98. The Balaban J connectivity index is 1.93. The van der Waals surface area contributed by atoms with Crippen molar-refractivity contribution in [1.29, 1.82) is 0 Å². The maximum absolute atomic E-state index is 12.7. The van der Waals surface area contributed by atoms with E-state index in [1.54, 1.807) is 6.07 Å². The Morgan fingerprint density at radius 1 is 0.926 bits per heavy atom. The first kappa shape index (κ1) is 17.6. The molecule has 4 rings (SSSR count). The fraction of sp³-hybridized carbons (Fsp3) is 0.292. The normalized spacial score (nSPS) is 11.5. The quantitative estimate of drug-likeness (QED) is 0.267. The maximum Gasteiger partial charge on any atom is 0.190 e. The van der Waals surface area contributed by atoms with Crippen LogP contribution in [0.3, 0.4) is 0 Å². The second kappa shape index (κ2) is 7.43. The Hall–Kier alpha value is -2.81. The number of fused-ring (bicyclic) bond motifs is 4. The Morgan fingerprint density at radius 2 is 1.67 bits per heavy atom. The third kappa shape index (κ3) is 3.30. The summed E-state index contributed by atoms with van der Waals surface area (Å²) in [5.41, 5.74) is 2.17. The summed E-state index contributed by atoms with van der Waals surface area (Å²) < 4.78 is 2.04. The smallest absolute Gasteiger partial charge is 0.190 e. The van der Waals surface area contributed by atoms with E-state index in [9.17, 15) is 4.79 Å². The zero-order valence-electron chi connectivity index (χ0n) is 16.1. The van der Waals surface area contributed by atoms with Crippen molar-refractivity contribution in [2.24, 2.45) is 7.05 Å². The van der Waals surface area contributed by atoms with Gasteiger partial charge in [-0.3, -0.25) is 4.79 Å². The van der Waals surface area contributed by atoms with Crippen molar-refractivity contribution >= 4 is 38.1 Å². The van der Waals surface area contributed by atoms with Crippen LogP contribution in [0.25, 0.3) is 32.4 Å². The van der Waals surface area contributed by atoms with Crippen molar-refractivity contribution < 1.29 is 0 Å². The molecule has 0 atom stereocenters. The zero-order chi connectivity index (χ0) is 18.8. The topological polar surface area (TPSA) is 34.0 Å². The highest BCUT2D eigenvalue weighted by atomic mass is 16.1. The molecular formula is C24H26N2O. The Kier molecular flexibility index (Phi) is 4.85. The molecule has 0 saturated heterocycles. The van der Waals surface area contributed by atoms with Crippen molar-refractivity contribution in [2.45, 2.75) is 32.6 Å². The lowest BCUT2D eigenvalue weighted by molar-refractivity contribution is 0.685. The standard InChI is InChI=1S/C24H26N2O/c1-3-4-5-8-12-25-21-16-22-24(23(27)11-13-26(22)2)20-15-18-10-7-6-9-17(18)14-19(20)21/h6-7,9-11,13-16,25H,3-5,8,12H2,1-2H3. The van der Waals surface area contributed by atoms with Gasteiger partial charge in [0.25, 0.3) is 0 Å². The van der Waals surface area contributed by atoms with Crippen LogP contribution in [-0.2, 0) is 7.05 Å². The summed E-state index contributed by atoms with van der Waals surface area (Å²) in [7, 11) is 2.00. The third-order valence-electron chi connectivity index (χ3n) is 5.40. The predicted molar refractivity (Wildman–Crippen MR) is 117 cm³/mol. The summed E-state index contributed by atoms with van der Waals surface area (Å²) in [5.74, 6) is 0. The minimum absolute atomic E-state index is 0.0814. The number of nitrogens with zero attached hydrogens (tertiary/aromatic N) is 1. The van der Waals surface area contributed by atoms with Crippen LogP contribution in [0, 0.1) is 0 Å². The van der Waals surface area contributed by atoms with E-state index < -0.39 is 0 Å². The average molecular weight is 358 g/mol. The summed E-state index contributed by atoms with van der Waals surface area (Å²) in [6.07, 6.45) is 6.78. The summed E-state index contributed by atoms with van der Waals surface area (Å²) in [4.78, 5) is 12.7. The molecule has 0 aliphatic heterocycles. The van der Waals surface area contributed by atoms with E-state index in [1.165, 1.54) is 24.6 Å². The molecule has 3 heteroatoms. The van der Waals surface area contributed by atoms with Crippen LogP contribution in [0.4, 0.5) is 5.69 Å². The number of hydrogen-bond acceptors (Lipinski definition) is 2. The number of nitrogens with one attached hydrogen (secondary N) is 1. The molecule has 138 valence electrons. The SMILES string of the molecule is CCCCCCNc1cc2c(c(=O)ccn2C)c2cc3ccccc3cc12. The van der Waals surface area contributed by atoms with Crippen molar-refractivity contribution in [3.8, 4) is 0 Å². The lowest BCUT2D eigenvalue weighted by Crippen LogP contribution is -2.08. The number of rotatable bonds is 6. The fourth-order valence-corrected chi connectivity index (χ4v) is 3.90. The van der Waals surface area contributed by atoms with Crippen LogP contribution in [0.2, 0.25) is 0 Å². The first-order valence-corrected chi connectivity index (χ1v) is 9.88. The molecule has 0 saturated carbocycles. The monoisotopic (exact) mass is 358 g/mol. The molecule has 1 aromatic heterocycles. The zero-order valence-corrected chi connectivity index (χ0v) is 16.1. The predicted octanol–water partition coefficient (Wildman–Crippen LogP) is 5.84. The highest BCUT2D eigenvalue weighted by Gasteiger charge is 2.12. The summed E-state index contributed by atoms with van der Waals surface area (Å²) in [6.45, 7) is 3.18. The first-order chi connectivity index (χ1) is 13.2. The number of pyridine rings is 1. The van der Waals surface area contributed by atoms with E-state index in [-0.39, 0.29) is 5.43 Å². The van der Waals surface area contributed by atoms with Gasteiger partial charge in [-0.1, -0.05) is 50.5 Å². The Bertz CT molecular complexity index is 1170. The molecule has 0 unspecified atom stereocenters. The van der Waals surface area contributed by atoms with Gasteiger partial charge in [0.2, 0.25) is 0 Å². The van der Waals surface area contributed by atoms with Crippen LogP contribution >= 0.6 is 0 Å². The minimum Gasteiger partial charge on any atom is -0.384 e. The number of unbranched alkanes of at least 4 members (excludes halogenated alkanes) is 3. The molecule has 1 heterocycles. The van der Waals surface area contributed by atoms with Crippen molar-refractivity contribution in [3.05, 3.63) is 65.0 Å². The van der Waals surface area contributed by atoms with E-state index in [1.807, 2.05) is 23.9 Å². The van der Waals surface area contributed by atoms with Gasteiger partial charge in [-0.15, -0.1) is 0 Å². The number of aryl methyl sites for hydroxylation is 1. The third-order valence-corrected chi connectivity index (χ3v) is 5.40. The van der Waals surface area contributed by atoms with E-state index >= 15 is 0 Å². The molecule has 0 aliphatic rings. The highest BCUT2D eigenvalue weighted by Crippen LogP contribution is 2.33. The van der Waals surface area contributed by atoms with Gasteiger partial charge in [0, 0.05) is 36.9 Å². The summed E-state index contributed by atoms with van der Waals surface area (Å²) >= 11 is 0. The van der Waals surface area contributed by atoms with Crippen molar-refractivity contribution in [1.82, 2.24) is 4.57 Å². The second-order valence-electron chi connectivity index (χ2n) is 7.34. The van der Waals surface area contributed by atoms with Gasteiger partial charge < -0.3 is 9.88 Å². The van der Waals surface area contributed by atoms with E-state index in [0.717, 1.165) is 45.7 Å². The van der Waals surface area contributed by atoms with Crippen LogP contribution < -0.4 is 10.7 Å². The molecule has 27 heavy (non-hydrogen) atoms. The number of benzene rings is 3. The largest absolute Gasteiger partial charge is 0.384 e. The summed E-state index contributed by atoms with van der Waals surface area (Å²) in [6, 6.07) is 16.5.